The Bertz CT molecular complexity index is 1250. The Hall–Kier alpha value is -3.16. The van der Waals surface area contributed by atoms with Crippen LogP contribution in [-0.2, 0) is 6.54 Å². The molecule has 41 heavy (non-hydrogen) atoms. The Morgan fingerprint density at radius 2 is 1.66 bits per heavy atom. The van der Waals surface area contributed by atoms with Gasteiger partial charge in [0.05, 0.1) is 29.5 Å². The molecule has 0 atom stereocenters. The van der Waals surface area contributed by atoms with E-state index in [1.165, 1.54) is 23.1 Å². The van der Waals surface area contributed by atoms with Crippen LogP contribution < -0.4 is 15.5 Å². The van der Waals surface area contributed by atoms with Crippen LogP contribution in [0.25, 0.3) is 0 Å². The van der Waals surface area contributed by atoms with Gasteiger partial charge in [-0.3, -0.25) is 9.69 Å². The maximum Gasteiger partial charge on any atom is 0.390 e. The lowest BCUT2D eigenvalue weighted by atomic mass is 10.1. The first-order valence-electron chi connectivity index (χ1n) is 13.2. The molecule has 2 aromatic rings. The van der Waals surface area contributed by atoms with E-state index in [2.05, 4.69) is 10.6 Å². The highest BCUT2D eigenvalue weighted by atomic mass is 35.5. The molecule has 0 aliphatic carbocycles. The lowest BCUT2D eigenvalue weighted by Crippen LogP contribution is -2.47. The molecule has 2 saturated heterocycles. The minimum Gasteiger partial charge on any atom is -0.393 e. The third-order valence-corrected chi connectivity index (χ3v) is 7.46. The number of aliphatic hydroxyl groups is 1. The van der Waals surface area contributed by atoms with Crippen molar-refractivity contribution in [3.05, 3.63) is 58.1 Å². The van der Waals surface area contributed by atoms with E-state index in [0.717, 1.165) is 6.07 Å². The number of alkyl halides is 3. The molecule has 3 amide bonds. The van der Waals surface area contributed by atoms with Crippen molar-refractivity contribution in [2.75, 3.05) is 56.0 Å². The van der Waals surface area contributed by atoms with Crippen LogP contribution in [-0.4, -0.2) is 84.9 Å². The summed E-state index contributed by atoms with van der Waals surface area (Å²) in [6.45, 7) is 1.79. The summed E-state index contributed by atoms with van der Waals surface area (Å²) >= 11 is 6.16. The van der Waals surface area contributed by atoms with Gasteiger partial charge >= 0.3 is 12.2 Å². The summed E-state index contributed by atoms with van der Waals surface area (Å²) in [5, 5.41) is 15.0. The van der Waals surface area contributed by atoms with Crippen molar-refractivity contribution in [3.8, 4) is 0 Å². The molecule has 224 valence electrons. The predicted octanol–water partition coefficient (Wildman–Crippen LogP) is 4.61. The van der Waals surface area contributed by atoms with Crippen LogP contribution in [0.5, 0.6) is 0 Å². The zero-order valence-electron chi connectivity index (χ0n) is 22.1. The summed E-state index contributed by atoms with van der Waals surface area (Å²) in [4.78, 5) is 30.3. The number of aliphatic hydroxyl groups excluding tert-OH is 1. The van der Waals surface area contributed by atoms with Crippen molar-refractivity contribution in [1.82, 2.24) is 15.1 Å². The van der Waals surface area contributed by atoms with Crippen molar-refractivity contribution in [1.29, 1.82) is 0 Å². The molecule has 8 nitrogen and oxygen atoms in total. The lowest BCUT2D eigenvalue weighted by Gasteiger charge is -2.37. The number of carbonyl (C=O) groups excluding carboxylic acids is 2. The van der Waals surface area contributed by atoms with E-state index in [-0.39, 0.29) is 24.3 Å². The zero-order chi connectivity index (χ0) is 29.7. The minimum atomic E-state index is -4.24. The number of nitrogens with one attached hydrogen (secondary N) is 2. The van der Waals surface area contributed by atoms with Crippen molar-refractivity contribution in [2.24, 2.45) is 0 Å². The summed E-state index contributed by atoms with van der Waals surface area (Å²) in [6.07, 6.45) is -4.72. The molecule has 2 aromatic carbocycles. The summed E-state index contributed by atoms with van der Waals surface area (Å²) in [5.41, 5.74) is 0.109. The van der Waals surface area contributed by atoms with Gasteiger partial charge in [0.2, 0.25) is 0 Å². The highest BCUT2D eigenvalue weighted by Crippen LogP contribution is 2.31. The van der Waals surface area contributed by atoms with Crippen LogP contribution in [0.2, 0.25) is 5.02 Å². The normalized spacial score (nSPS) is 17.0. The van der Waals surface area contributed by atoms with Crippen LogP contribution in [0.1, 0.15) is 35.2 Å². The summed E-state index contributed by atoms with van der Waals surface area (Å²) in [7, 11) is 0. The van der Waals surface area contributed by atoms with E-state index in [1.54, 1.807) is 11.0 Å². The molecule has 0 spiro atoms. The van der Waals surface area contributed by atoms with Crippen LogP contribution in [0, 0.1) is 11.6 Å². The topological polar surface area (TPSA) is 88.2 Å². The molecule has 0 aromatic heterocycles. The number of likely N-dealkylation sites (tertiary alicyclic amines) is 1. The molecule has 14 heteroatoms. The molecule has 2 heterocycles. The molecule has 0 bridgehead atoms. The number of nitrogens with zero attached hydrogens (tertiary/aromatic N) is 3. The van der Waals surface area contributed by atoms with Crippen molar-refractivity contribution in [2.45, 2.75) is 38.1 Å². The molecule has 2 aliphatic heterocycles. The van der Waals surface area contributed by atoms with E-state index in [9.17, 15) is 36.6 Å². The third kappa shape index (κ3) is 8.20. The molecular weight excluding hydrogens is 573 g/mol. The molecule has 2 aliphatic rings. The van der Waals surface area contributed by atoms with Crippen LogP contribution >= 0.6 is 11.6 Å². The zero-order valence-corrected chi connectivity index (χ0v) is 22.9. The molecule has 0 unspecified atom stereocenters. The maximum atomic E-state index is 15.0. The number of benzene rings is 2. The maximum absolute atomic E-state index is 15.0. The van der Waals surface area contributed by atoms with Gasteiger partial charge in [0, 0.05) is 62.9 Å². The Labute approximate surface area is 239 Å². The van der Waals surface area contributed by atoms with Gasteiger partial charge in [-0.25, -0.2) is 13.6 Å². The smallest absolute Gasteiger partial charge is 0.390 e. The number of hydrogen-bond donors (Lipinski definition) is 3. The van der Waals surface area contributed by atoms with Crippen molar-refractivity contribution >= 4 is 34.9 Å². The van der Waals surface area contributed by atoms with Gasteiger partial charge in [0.1, 0.15) is 0 Å². The molecule has 0 radical (unpaired) electrons. The van der Waals surface area contributed by atoms with E-state index >= 15 is 0 Å². The quantitative estimate of drug-likeness (QED) is 0.403. The van der Waals surface area contributed by atoms with Gasteiger partial charge in [0.25, 0.3) is 5.91 Å². The van der Waals surface area contributed by atoms with Crippen molar-refractivity contribution < 1.29 is 36.6 Å². The number of amides is 3. The van der Waals surface area contributed by atoms with Gasteiger partial charge in [-0.15, -0.1) is 0 Å². The third-order valence-electron chi connectivity index (χ3n) is 7.22. The van der Waals surface area contributed by atoms with Crippen molar-refractivity contribution in [3.63, 3.8) is 0 Å². The second kappa shape index (κ2) is 13.2. The average Bonchev–Trinajstić information content (AvgIpc) is 2.93. The number of anilines is 2. The van der Waals surface area contributed by atoms with Gasteiger partial charge < -0.3 is 25.5 Å². The van der Waals surface area contributed by atoms with Crippen LogP contribution in [0.3, 0.4) is 0 Å². The number of urea groups is 1. The van der Waals surface area contributed by atoms with Crippen LogP contribution in [0.4, 0.5) is 38.1 Å². The highest BCUT2D eigenvalue weighted by Gasteiger charge is 2.29. The standard InChI is InChI=1S/C27H31ClF5N5O3/c28-18-2-4-21(22(15-18)37-13-11-36(12-14-37)10-7-27(31,32)33)35-25(40)20-3-1-17(23(29)24(20)30)16-34-26(41)38-8-5-19(39)6-9-38/h1-4,15,19,39H,5-14,16H2,(H,34,41)(H,35,40). The SMILES string of the molecule is O=C(Nc1ccc(Cl)cc1N1CCN(CCC(F)(F)F)CC1)c1ccc(CNC(=O)N2CCC(O)CC2)c(F)c1F. The fraction of sp³-hybridized carbons (Fsp3) is 0.481. The largest absolute Gasteiger partial charge is 0.393 e. The summed E-state index contributed by atoms with van der Waals surface area (Å²) in [6, 6.07) is 6.51. The minimum absolute atomic E-state index is 0.108. The number of halogens is 6. The fourth-order valence-corrected chi connectivity index (χ4v) is 4.98. The van der Waals surface area contributed by atoms with E-state index < -0.39 is 47.8 Å². The number of hydrogen-bond acceptors (Lipinski definition) is 5. The number of carbonyl (C=O) groups is 2. The summed E-state index contributed by atoms with van der Waals surface area (Å²) in [5.74, 6) is -3.54. The van der Waals surface area contributed by atoms with Gasteiger partial charge in [-0.1, -0.05) is 17.7 Å². The molecule has 3 N–H and O–H groups in total. The predicted molar refractivity (Wildman–Crippen MR) is 144 cm³/mol. The highest BCUT2D eigenvalue weighted by molar-refractivity contribution is 6.31. The monoisotopic (exact) mass is 603 g/mol. The summed E-state index contributed by atoms with van der Waals surface area (Å²) < 4.78 is 67.5. The Morgan fingerprint density at radius 3 is 2.32 bits per heavy atom. The fourth-order valence-electron chi connectivity index (χ4n) is 4.81. The van der Waals surface area contributed by atoms with Gasteiger partial charge in [-0.2, -0.15) is 13.2 Å². The Morgan fingerprint density at radius 1 is 0.976 bits per heavy atom. The second-order valence-electron chi connectivity index (χ2n) is 10.1. The number of piperidine rings is 1. The first-order valence-corrected chi connectivity index (χ1v) is 13.6. The number of piperazine rings is 1. The lowest BCUT2D eigenvalue weighted by molar-refractivity contribution is -0.138. The molecule has 0 saturated carbocycles. The first-order chi connectivity index (χ1) is 19.4. The van der Waals surface area contributed by atoms with E-state index in [1.807, 2.05) is 4.90 Å². The van der Waals surface area contributed by atoms with Gasteiger partial charge in [-0.05, 0) is 37.1 Å². The van der Waals surface area contributed by atoms with E-state index in [0.29, 0.717) is 62.8 Å². The molecular formula is C27H31ClF5N5O3. The van der Waals surface area contributed by atoms with E-state index in [4.69, 9.17) is 11.6 Å². The molecule has 4 rings (SSSR count). The van der Waals surface area contributed by atoms with Crippen LogP contribution in [0.15, 0.2) is 30.3 Å². The Kier molecular flexibility index (Phi) is 9.92. The number of rotatable bonds is 7. The average molecular weight is 604 g/mol. The van der Waals surface area contributed by atoms with Gasteiger partial charge in [0.15, 0.2) is 11.6 Å². The Balaban J connectivity index is 1.39. The first kappa shape index (κ1) is 30.8. The second-order valence-corrected chi connectivity index (χ2v) is 10.5. The molecule has 2 fully saturated rings.